The average Bonchev–Trinajstić information content (AvgIpc) is 3.17. The van der Waals surface area contributed by atoms with Crippen molar-refractivity contribution in [1.82, 2.24) is 21.3 Å². The summed E-state index contributed by atoms with van der Waals surface area (Å²) in [6.45, 7) is 4.25. The Morgan fingerprint density at radius 1 is 1.18 bits per heavy atom. The molecule has 0 radical (unpaired) electrons. The Balaban J connectivity index is 2.57. The maximum atomic E-state index is 12.5. The van der Waals surface area contributed by atoms with Crippen LogP contribution in [0.4, 0.5) is 0 Å². The number of unbranched alkanes of at least 4 members (excludes halogenated alkanes) is 1. The van der Waals surface area contributed by atoms with Crippen LogP contribution >= 0.6 is 0 Å². The second-order valence-corrected chi connectivity index (χ2v) is 7.34. The van der Waals surface area contributed by atoms with E-state index in [-0.39, 0.29) is 24.4 Å². The van der Waals surface area contributed by atoms with Gasteiger partial charge in [-0.2, -0.15) is 0 Å². The Kier molecular flexibility index (Phi) is 10.5. The first kappa shape index (κ1) is 23.8. The van der Waals surface area contributed by atoms with Crippen LogP contribution < -0.4 is 27.0 Å². The molecule has 7 N–H and O–H groups in total. The van der Waals surface area contributed by atoms with Gasteiger partial charge in [-0.3, -0.25) is 14.4 Å². The highest BCUT2D eigenvalue weighted by Crippen LogP contribution is 2.07. The molecular formula is C18H33N5O5. The highest BCUT2D eigenvalue weighted by atomic mass is 16.4. The van der Waals surface area contributed by atoms with Crippen molar-refractivity contribution in [2.75, 3.05) is 19.6 Å². The van der Waals surface area contributed by atoms with Crippen molar-refractivity contribution in [2.24, 2.45) is 11.7 Å². The number of hydrogen-bond acceptors (Lipinski definition) is 6. The molecule has 3 unspecified atom stereocenters. The predicted octanol–water partition coefficient (Wildman–Crippen LogP) is -1.31. The lowest BCUT2D eigenvalue weighted by Gasteiger charge is -2.21. The number of hydrogen-bond donors (Lipinski definition) is 6. The number of amides is 3. The van der Waals surface area contributed by atoms with Crippen LogP contribution in [0.2, 0.25) is 0 Å². The van der Waals surface area contributed by atoms with Crippen LogP contribution in [0.1, 0.15) is 46.0 Å². The van der Waals surface area contributed by atoms with E-state index in [9.17, 15) is 19.2 Å². The smallest absolute Gasteiger partial charge is 0.326 e. The van der Waals surface area contributed by atoms with Crippen molar-refractivity contribution in [1.29, 1.82) is 0 Å². The van der Waals surface area contributed by atoms with E-state index < -0.39 is 29.9 Å². The van der Waals surface area contributed by atoms with E-state index in [1.54, 1.807) is 13.8 Å². The van der Waals surface area contributed by atoms with Gasteiger partial charge in [-0.1, -0.05) is 13.8 Å². The zero-order chi connectivity index (χ0) is 21.1. The number of rotatable bonds is 12. The fraction of sp³-hybridized carbons (Fsp3) is 0.778. The number of carboxylic acid groups (broad SMARTS) is 1. The molecule has 1 fully saturated rings. The lowest BCUT2D eigenvalue weighted by molar-refractivity contribution is -0.143. The number of carbonyl (C=O) groups excluding carboxylic acids is 3. The topological polar surface area (TPSA) is 163 Å². The molecule has 0 bridgehead atoms. The molecule has 1 rings (SSSR count). The molecule has 3 amide bonds. The van der Waals surface area contributed by atoms with Gasteiger partial charge < -0.3 is 32.1 Å². The molecule has 1 heterocycles. The monoisotopic (exact) mass is 399 g/mol. The molecule has 1 aliphatic heterocycles. The minimum absolute atomic E-state index is 0.236. The molecule has 10 nitrogen and oxygen atoms in total. The number of aliphatic carboxylic acids is 1. The highest BCUT2D eigenvalue weighted by Gasteiger charge is 2.28. The molecule has 1 aliphatic rings. The van der Waals surface area contributed by atoms with E-state index in [0.29, 0.717) is 19.4 Å². The third-order valence-electron chi connectivity index (χ3n) is 4.63. The molecule has 3 atom stereocenters. The summed E-state index contributed by atoms with van der Waals surface area (Å²) >= 11 is 0. The molecule has 0 spiro atoms. The van der Waals surface area contributed by atoms with Gasteiger partial charge in [0.05, 0.1) is 12.6 Å². The zero-order valence-corrected chi connectivity index (χ0v) is 16.6. The van der Waals surface area contributed by atoms with Gasteiger partial charge in [-0.05, 0) is 51.1 Å². The molecule has 0 saturated carbocycles. The maximum absolute atomic E-state index is 12.5. The van der Waals surface area contributed by atoms with Crippen LogP contribution in [-0.2, 0) is 19.2 Å². The van der Waals surface area contributed by atoms with Crippen molar-refractivity contribution in [3.05, 3.63) is 0 Å². The standard InChI is InChI=1S/C18H33N5O5/c1-11(2)15(18(27)28)23-14(24)10-21-16(25)13(6-3-4-8-19)22-17(26)12-7-5-9-20-12/h11-13,15,20H,3-10,19H2,1-2H3,(H,21,25)(H,22,26)(H,23,24)(H,27,28). The summed E-state index contributed by atoms with van der Waals surface area (Å²) in [7, 11) is 0. The van der Waals surface area contributed by atoms with E-state index in [4.69, 9.17) is 10.8 Å². The predicted molar refractivity (Wildman–Crippen MR) is 103 cm³/mol. The third kappa shape index (κ3) is 8.22. The second kappa shape index (κ2) is 12.3. The van der Waals surface area contributed by atoms with Crippen LogP contribution in [0, 0.1) is 5.92 Å². The Morgan fingerprint density at radius 3 is 2.43 bits per heavy atom. The van der Waals surface area contributed by atoms with Gasteiger partial charge >= 0.3 is 5.97 Å². The lowest BCUT2D eigenvalue weighted by Crippen LogP contribution is -2.53. The summed E-state index contributed by atoms with van der Waals surface area (Å²) in [4.78, 5) is 47.9. The highest BCUT2D eigenvalue weighted by molar-refractivity contribution is 5.92. The fourth-order valence-corrected chi connectivity index (χ4v) is 2.97. The third-order valence-corrected chi connectivity index (χ3v) is 4.63. The summed E-state index contributed by atoms with van der Waals surface area (Å²) in [5.74, 6) is -2.74. The first-order valence-electron chi connectivity index (χ1n) is 9.80. The van der Waals surface area contributed by atoms with Crippen molar-refractivity contribution in [3.8, 4) is 0 Å². The minimum atomic E-state index is -1.13. The van der Waals surface area contributed by atoms with Gasteiger partial charge in [0, 0.05) is 0 Å². The molecule has 1 saturated heterocycles. The fourth-order valence-electron chi connectivity index (χ4n) is 2.97. The molecular weight excluding hydrogens is 366 g/mol. The van der Waals surface area contributed by atoms with Crippen LogP contribution in [-0.4, -0.2) is 66.6 Å². The quantitative estimate of drug-likeness (QED) is 0.222. The van der Waals surface area contributed by atoms with Gasteiger partial charge in [-0.25, -0.2) is 4.79 Å². The van der Waals surface area contributed by atoms with E-state index in [1.165, 1.54) is 0 Å². The summed E-state index contributed by atoms with van der Waals surface area (Å²) in [6, 6.07) is -2.11. The van der Waals surface area contributed by atoms with E-state index in [0.717, 1.165) is 25.8 Å². The van der Waals surface area contributed by atoms with Crippen LogP contribution in [0.5, 0.6) is 0 Å². The van der Waals surface area contributed by atoms with E-state index in [2.05, 4.69) is 21.3 Å². The summed E-state index contributed by atoms with van der Waals surface area (Å²) in [5, 5.41) is 19.8. The first-order valence-corrected chi connectivity index (χ1v) is 9.80. The number of nitrogens with two attached hydrogens (primary N) is 1. The summed E-state index contributed by atoms with van der Waals surface area (Å²) in [5.41, 5.74) is 5.49. The normalized spacial score (nSPS) is 18.4. The van der Waals surface area contributed by atoms with Gasteiger partial charge in [-0.15, -0.1) is 0 Å². The van der Waals surface area contributed by atoms with E-state index >= 15 is 0 Å². The number of carbonyl (C=O) groups is 4. The summed E-state index contributed by atoms with van der Waals surface area (Å²) < 4.78 is 0. The largest absolute Gasteiger partial charge is 0.480 e. The van der Waals surface area contributed by atoms with Crippen molar-refractivity contribution >= 4 is 23.7 Å². The molecule has 160 valence electrons. The Hall–Kier alpha value is -2.20. The summed E-state index contributed by atoms with van der Waals surface area (Å²) in [6.07, 6.45) is 3.41. The zero-order valence-electron chi connectivity index (χ0n) is 16.6. The number of carboxylic acids is 1. The van der Waals surface area contributed by atoms with Crippen LogP contribution in [0.15, 0.2) is 0 Å². The Labute approximate surface area is 165 Å². The van der Waals surface area contributed by atoms with Gasteiger partial charge in [0.1, 0.15) is 12.1 Å². The van der Waals surface area contributed by atoms with Gasteiger partial charge in [0.15, 0.2) is 0 Å². The van der Waals surface area contributed by atoms with E-state index in [1.807, 2.05) is 0 Å². The lowest BCUT2D eigenvalue weighted by atomic mass is 10.0. The second-order valence-electron chi connectivity index (χ2n) is 7.34. The molecule has 0 aromatic heterocycles. The molecule has 0 aromatic carbocycles. The van der Waals surface area contributed by atoms with Crippen LogP contribution in [0.3, 0.4) is 0 Å². The number of nitrogens with one attached hydrogen (secondary N) is 4. The van der Waals surface area contributed by atoms with Gasteiger partial charge in [0.25, 0.3) is 0 Å². The average molecular weight is 399 g/mol. The Morgan fingerprint density at radius 2 is 1.89 bits per heavy atom. The Bertz CT molecular complexity index is 548. The SMILES string of the molecule is CC(C)C(NC(=O)CNC(=O)C(CCCCN)NC(=O)C1CCCN1)C(=O)O. The van der Waals surface area contributed by atoms with Gasteiger partial charge in [0.2, 0.25) is 17.7 Å². The molecule has 0 aliphatic carbocycles. The molecule has 10 heteroatoms. The van der Waals surface area contributed by atoms with Crippen molar-refractivity contribution in [2.45, 2.75) is 64.1 Å². The first-order chi connectivity index (χ1) is 13.3. The van der Waals surface area contributed by atoms with Crippen molar-refractivity contribution < 1.29 is 24.3 Å². The maximum Gasteiger partial charge on any atom is 0.326 e. The van der Waals surface area contributed by atoms with Crippen molar-refractivity contribution in [3.63, 3.8) is 0 Å². The van der Waals surface area contributed by atoms with Crippen LogP contribution in [0.25, 0.3) is 0 Å². The minimum Gasteiger partial charge on any atom is -0.480 e. The molecule has 0 aromatic rings. The molecule has 28 heavy (non-hydrogen) atoms.